The van der Waals surface area contributed by atoms with Crippen molar-refractivity contribution < 1.29 is 14.7 Å². The number of carboxylic acid groups (broad SMARTS) is 1. The molecular formula is C17H33NO3. The molecule has 0 aromatic rings. The summed E-state index contributed by atoms with van der Waals surface area (Å²) in [4.78, 5) is 21.6. The molecule has 0 radical (unpaired) electrons. The maximum Gasteiger partial charge on any atom is 0.303 e. The van der Waals surface area contributed by atoms with E-state index in [9.17, 15) is 9.59 Å². The number of rotatable bonds is 14. The van der Waals surface area contributed by atoms with Crippen LogP contribution in [-0.2, 0) is 9.59 Å². The van der Waals surface area contributed by atoms with Crippen LogP contribution in [0.3, 0.4) is 0 Å². The van der Waals surface area contributed by atoms with Gasteiger partial charge in [0.05, 0.1) is 0 Å². The normalized spacial score (nSPS) is 12.1. The van der Waals surface area contributed by atoms with Crippen LogP contribution in [0.15, 0.2) is 0 Å². The van der Waals surface area contributed by atoms with Gasteiger partial charge >= 0.3 is 5.97 Å². The van der Waals surface area contributed by atoms with Crippen LogP contribution in [0.2, 0.25) is 0 Å². The SMILES string of the molecule is CCCCCCCCCC(CCNC(C)=O)CCC(=O)O. The molecule has 1 amide bonds. The third-order valence-electron chi connectivity index (χ3n) is 3.91. The fraction of sp³-hybridized carbons (Fsp3) is 0.882. The summed E-state index contributed by atoms with van der Waals surface area (Å²) in [5.74, 6) is -0.314. The van der Waals surface area contributed by atoms with Crippen LogP contribution in [0.1, 0.15) is 84.5 Å². The minimum atomic E-state index is -0.723. The van der Waals surface area contributed by atoms with Crippen LogP contribution >= 0.6 is 0 Å². The number of carboxylic acids is 1. The van der Waals surface area contributed by atoms with Crippen LogP contribution < -0.4 is 5.32 Å². The zero-order valence-corrected chi connectivity index (χ0v) is 13.8. The van der Waals surface area contributed by atoms with Crippen LogP contribution in [-0.4, -0.2) is 23.5 Å². The molecule has 21 heavy (non-hydrogen) atoms. The van der Waals surface area contributed by atoms with Gasteiger partial charge in [-0.2, -0.15) is 0 Å². The second-order valence-electron chi connectivity index (χ2n) is 5.98. The number of unbranched alkanes of at least 4 members (excludes halogenated alkanes) is 6. The molecule has 0 aliphatic carbocycles. The van der Waals surface area contributed by atoms with E-state index in [4.69, 9.17) is 5.11 Å². The highest BCUT2D eigenvalue weighted by molar-refractivity contribution is 5.72. The second kappa shape index (κ2) is 13.9. The Kier molecular flexibility index (Phi) is 13.2. The number of carbonyl (C=O) groups excluding carboxylic acids is 1. The Morgan fingerprint density at radius 3 is 2.14 bits per heavy atom. The first kappa shape index (κ1) is 19.9. The van der Waals surface area contributed by atoms with Gasteiger partial charge in [0.2, 0.25) is 5.91 Å². The topological polar surface area (TPSA) is 66.4 Å². The second-order valence-corrected chi connectivity index (χ2v) is 5.98. The van der Waals surface area contributed by atoms with Crippen molar-refractivity contribution in [2.24, 2.45) is 5.92 Å². The zero-order valence-electron chi connectivity index (χ0n) is 13.8. The van der Waals surface area contributed by atoms with E-state index in [1.807, 2.05) is 0 Å². The van der Waals surface area contributed by atoms with Gasteiger partial charge in [-0.05, 0) is 18.8 Å². The summed E-state index contributed by atoms with van der Waals surface area (Å²) < 4.78 is 0. The summed E-state index contributed by atoms with van der Waals surface area (Å²) in [5.41, 5.74) is 0. The van der Waals surface area contributed by atoms with Gasteiger partial charge in [-0.3, -0.25) is 9.59 Å². The minimum Gasteiger partial charge on any atom is -0.481 e. The largest absolute Gasteiger partial charge is 0.481 e. The van der Waals surface area contributed by atoms with Crippen LogP contribution in [0.5, 0.6) is 0 Å². The summed E-state index contributed by atoms with van der Waals surface area (Å²) >= 11 is 0. The van der Waals surface area contributed by atoms with Crippen molar-refractivity contribution in [2.45, 2.75) is 84.5 Å². The monoisotopic (exact) mass is 299 g/mol. The molecule has 0 bridgehead atoms. The lowest BCUT2D eigenvalue weighted by atomic mass is 9.92. The first-order chi connectivity index (χ1) is 10.1. The predicted molar refractivity (Wildman–Crippen MR) is 86.3 cm³/mol. The standard InChI is InChI=1S/C17H33NO3/c1-3-4-5-6-7-8-9-10-16(11-12-17(20)21)13-14-18-15(2)19/h16H,3-14H2,1-2H3,(H,18,19)(H,20,21). The number of hydrogen-bond donors (Lipinski definition) is 2. The van der Waals surface area contributed by atoms with E-state index in [0.29, 0.717) is 12.5 Å². The Morgan fingerprint density at radius 1 is 0.952 bits per heavy atom. The predicted octanol–water partition coefficient (Wildman–Crippen LogP) is 4.13. The Hall–Kier alpha value is -1.06. The molecule has 0 aliphatic rings. The molecule has 0 rings (SSSR count). The van der Waals surface area contributed by atoms with Crippen molar-refractivity contribution in [1.82, 2.24) is 5.32 Å². The van der Waals surface area contributed by atoms with E-state index >= 15 is 0 Å². The van der Waals surface area contributed by atoms with Crippen molar-refractivity contribution in [3.8, 4) is 0 Å². The molecule has 2 N–H and O–H groups in total. The van der Waals surface area contributed by atoms with Crippen molar-refractivity contribution in [3.63, 3.8) is 0 Å². The van der Waals surface area contributed by atoms with Crippen LogP contribution in [0, 0.1) is 5.92 Å². The molecule has 0 aromatic carbocycles. The van der Waals surface area contributed by atoms with Crippen molar-refractivity contribution >= 4 is 11.9 Å². The van der Waals surface area contributed by atoms with Gasteiger partial charge < -0.3 is 10.4 Å². The van der Waals surface area contributed by atoms with E-state index in [1.54, 1.807) is 0 Å². The molecule has 0 aromatic heterocycles. The quantitative estimate of drug-likeness (QED) is 0.474. The molecule has 0 saturated heterocycles. The molecule has 4 nitrogen and oxygen atoms in total. The number of nitrogens with one attached hydrogen (secondary N) is 1. The summed E-state index contributed by atoms with van der Waals surface area (Å²) in [7, 11) is 0. The lowest BCUT2D eigenvalue weighted by molar-refractivity contribution is -0.137. The van der Waals surface area contributed by atoms with Gasteiger partial charge in [-0.25, -0.2) is 0 Å². The molecule has 0 fully saturated rings. The summed E-state index contributed by atoms with van der Waals surface area (Å²) in [5, 5.41) is 11.6. The summed E-state index contributed by atoms with van der Waals surface area (Å²) in [6.45, 7) is 4.40. The minimum absolute atomic E-state index is 0.0112. The van der Waals surface area contributed by atoms with E-state index in [-0.39, 0.29) is 12.3 Å². The lowest BCUT2D eigenvalue weighted by Crippen LogP contribution is -2.23. The van der Waals surface area contributed by atoms with Crippen molar-refractivity contribution in [3.05, 3.63) is 0 Å². The fourth-order valence-corrected chi connectivity index (χ4v) is 2.60. The van der Waals surface area contributed by atoms with Crippen LogP contribution in [0.25, 0.3) is 0 Å². The average molecular weight is 299 g/mol. The number of aliphatic carboxylic acids is 1. The maximum absolute atomic E-state index is 10.9. The smallest absolute Gasteiger partial charge is 0.303 e. The number of hydrogen-bond acceptors (Lipinski definition) is 2. The third-order valence-corrected chi connectivity index (χ3v) is 3.91. The van der Waals surface area contributed by atoms with Crippen molar-refractivity contribution in [2.75, 3.05) is 6.54 Å². The molecule has 0 heterocycles. The van der Waals surface area contributed by atoms with Gasteiger partial charge in [0.1, 0.15) is 0 Å². The van der Waals surface area contributed by atoms with Crippen LogP contribution in [0.4, 0.5) is 0 Å². The molecule has 124 valence electrons. The first-order valence-electron chi connectivity index (χ1n) is 8.52. The van der Waals surface area contributed by atoms with E-state index in [0.717, 1.165) is 19.3 Å². The molecule has 1 atom stereocenters. The number of amides is 1. The molecule has 0 spiro atoms. The highest BCUT2D eigenvalue weighted by Crippen LogP contribution is 2.20. The summed E-state index contributed by atoms with van der Waals surface area (Å²) in [6, 6.07) is 0. The highest BCUT2D eigenvalue weighted by atomic mass is 16.4. The first-order valence-corrected chi connectivity index (χ1v) is 8.52. The molecule has 1 unspecified atom stereocenters. The molecule has 0 saturated carbocycles. The van der Waals surface area contributed by atoms with Gasteiger partial charge in [0.25, 0.3) is 0 Å². The Balaban J connectivity index is 3.76. The fourth-order valence-electron chi connectivity index (χ4n) is 2.60. The Labute approximate surface area is 129 Å². The average Bonchev–Trinajstić information content (AvgIpc) is 2.42. The zero-order chi connectivity index (χ0) is 15.9. The van der Waals surface area contributed by atoms with E-state index < -0.39 is 5.97 Å². The maximum atomic E-state index is 10.9. The van der Waals surface area contributed by atoms with Crippen molar-refractivity contribution in [1.29, 1.82) is 0 Å². The van der Waals surface area contributed by atoms with Gasteiger partial charge in [0, 0.05) is 19.9 Å². The summed E-state index contributed by atoms with van der Waals surface area (Å²) in [6.07, 6.45) is 11.9. The van der Waals surface area contributed by atoms with E-state index in [1.165, 1.54) is 51.9 Å². The van der Waals surface area contributed by atoms with Gasteiger partial charge in [0.15, 0.2) is 0 Å². The third kappa shape index (κ3) is 15.2. The van der Waals surface area contributed by atoms with Gasteiger partial charge in [-0.15, -0.1) is 0 Å². The lowest BCUT2D eigenvalue weighted by Gasteiger charge is -2.16. The highest BCUT2D eigenvalue weighted by Gasteiger charge is 2.11. The Morgan fingerprint density at radius 2 is 1.57 bits per heavy atom. The van der Waals surface area contributed by atoms with E-state index in [2.05, 4.69) is 12.2 Å². The number of carbonyl (C=O) groups is 2. The molecule has 0 aliphatic heterocycles. The molecular weight excluding hydrogens is 266 g/mol. The molecule has 4 heteroatoms. The Bertz CT molecular complexity index is 279. The van der Waals surface area contributed by atoms with Gasteiger partial charge in [-0.1, -0.05) is 58.3 Å².